The van der Waals surface area contributed by atoms with E-state index in [1.165, 1.54) is 6.92 Å². The molecule has 2 N–H and O–H groups in total. The summed E-state index contributed by atoms with van der Waals surface area (Å²) in [6, 6.07) is 1.55. The van der Waals surface area contributed by atoms with Gasteiger partial charge in [0.25, 0.3) is 5.91 Å². The van der Waals surface area contributed by atoms with Crippen molar-refractivity contribution in [3.8, 4) is 0 Å². The normalized spacial score (nSPS) is 12.0. The van der Waals surface area contributed by atoms with E-state index in [1.807, 2.05) is 22.6 Å². The molecule has 0 radical (unpaired) electrons. The summed E-state index contributed by atoms with van der Waals surface area (Å²) in [5, 5.41) is -0.358. The second-order valence-corrected chi connectivity index (χ2v) is 9.27. The highest BCUT2D eigenvalue weighted by atomic mass is 127. The molecule has 0 aliphatic heterocycles. The van der Waals surface area contributed by atoms with E-state index in [0.717, 1.165) is 0 Å². The smallest absolute Gasteiger partial charge is 0.351 e. The van der Waals surface area contributed by atoms with E-state index in [-0.39, 0.29) is 11.5 Å². The van der Waals surface area contributed by atoms with Crippen LogP contribution in [0.2, 0.25) is 0 Å². The lowest BCUT2D eigenvalue weighted by molar-refractivity contribution is -0.114. The molecule has 0 aromatic heterocycles. The van der Waals surface area contributed by atoms with Crippen LogP contribution in [0.5, 0.6) is 0 Å². The van der Waals surface area contributed by atoms with E-state index in [1.54, 1.807) is 56.6 Å². The summed E-state index contributed by atoms with van der Waals surface area (Å²) < 4.78 is 59.0. The Hall–Kier alpha value is 0.120. The summed E-state index contributed by atoms with van der Waals surface area (Å²) >= 11 is 5.50. The Morgan fingerprint density at radius 2 is 1.79 bits per heavy atom. The van der Waals surface area contributed by atoms with Gasteiger partial charge in [-0.25, -0.2) is 8.42 Å². The molecule has 24 heavy (non-hydrogen) atoms. The number of hydrogen-bond donors (Lipinski definition) is 2. The molecule has 0 atom stereocenters. The Labute approximate surface area is 176 Å². The average molecular weight is 699 g/mol. The molecule has 0 saturated carbocycles. The molecule has 1 aromatic rings. The number of carbonyl (C=O) groups is 2. The largest absolute Gasteiger partial charge is 0.743 e. The third-order valence-electron chi connectivity index (χ3n) is 2.52. The molecule has 0 aliphatic rings. The SMILES string of the molecule is CC(=O)Nc1c(I)cc(I)c(C(=O)NCC(F)(F)S(=O)(=O)[O-])c1I. The molecule has 1 aromatic carbocycles. The van der Waals surface area contributed by atoms with Crippen molar-refractivity contribution >= 4 is 95.4 Å². The van der Waals surface area contributed by atoms with Crippen molar-refractivity contribution in [3.05, 3.63) is 22.3 Å². The summed E-state index contributed by atoms with van der Waals surface area (Å²) in [7, 11) is -5.89. The number of carbonyl (C=O) groups excluding carboxylic acids is 2. The van der Waals surface area contributed by atoms with E-state index < -0.39 is 27.8 Å². The van der Waals surface area contributed by atoms with Crippen LogP contribution in [0.1, 0.15) is 17.3 Å². The first-order valence-electron chi connectivity index (χ1n) is 5.84. The van der Waals surface area contributed by atoms with E-state index in [4.69, 9.17) is 0 Å². The molecule has 7 nitrogen and oxygen atoms in total. The fourth-order valence-electron chi connectivity index (χ4n) is 1.45. The highest BCUT2D eigenvalue weighted by molar-refractivity contribution is 14.1. The maximum Gasteiger partial charge on any atom is 0.351 e. The second-order valence-electron chi connectivity index (χ2n) is 4.36. The van der Waals surface area contributed by atoms with Crippen LogP contribution in [-0.4, -0.2) is 36.6 Å². The minimum atomic E-state index is -5.89. The number of alkyl halides is 2. The van der Waals surface area contributed by atoms with Gasteiger partial charge in [0, 0.05) is 14.1 Å². The molecule has 1 rings (SSSR count). The number of nitrogens with one attached hydrogen (secondary N) is 2. The first-order valence-corrected chi connectivity index (χ1v) is 10.5. The van der Waals surface area contributed by atoms with Gasteiger partial charge in [0.15, 0.2) is 10.1 Å². The van der Waals surface area contributed by atoms with Gasteiger partial charge in [-0.05, 0) is 73.8 Å². The maximum absolute atomic E-state index is 13.1. The van der Waals surface area contributed by atoms with Gasteiger partial charge in [0.05, 0.1) is 21.4 Å². The fraction of sp³-hybridized carbons (Fsp3) is 0.273. The molecule has 13 heteroatoms. The van der Waals surface area contributed by atoms with Crippen LogP contribution in [0.25, 0.3) is 0 Å². The predicted molar refractivity (Wildman–Crippen MR) is 106 cm³/mol. The first-order chi connectivity index (χ1) is 10.8. The number of rotatable bonds is 5. The van der Waals surface area contributed by atoms with Gasteiger partial charge in [-0.3, -0.25) is 9.59 Å². The zero-order chi connectivity index (χ0) is 18.9. The van der Waals surface area contributed by atoms with Crippen molar-refractivity contribution < 1.29 is 31.3 Å². The number of anilines is 1. The Kier molecular flexibility index (Phi) is 7.58. The molecular weight excluding hydrogens is 691 g/mol. The molecular formula is C11H8F2I3N2O5S-. The molecule has 0 heterocycles. The topological polar surface area (TPSA) is 115 Å². The van der Waals surface area contributed by atoms with Crippen molar-refractivity contribution in [1.29, 1.82) is 0 Å². The highest BCUT2D eigenvalue weighted by Gasteiger charge is 2.38. The van der Waals surface area contributed by atoms with Gasteiger partial charge >= 0.3 is 5.25 Å². The monoisotopic (exact) mass is 699 g/mol. The van der Waals surface area contributed by atoms with Gasteiger partial charge in [-0.2, -0.15) is 8.78 Å². The molecule has 134 valence electrons. The van der Waals surface area contributed by atoms with Crippen LogP contribution in [-0.2, 0) is 14.9 Å². The van der Waals surface area contributed by atoms with Crippen LogP contribution in [0.4, 0.5) is 14.5 Å². The van der Waals surface area contributed by atoms with Crippen LogP contribution in [0, 0.1) is 10.7 Å². The van der Waals surface area contributed by atoms with Crippen molar-refractivity contribution in [2.24, 2.45) is 0 Å². The van der Waals surface area contributed by atoms with Gasteiger partial charge in [0.2, 0.25) is 5.91 Å². The van der Waals surface area contributed by atoms with Crippen LogP contribution in [0.3, 0.4) is 0 Å². The molecule has 0 fully saturated rings. The van der Waals surface area contributed by atoms with Gasteiger partial charge in [-0.1, -0.05) is 0 Å². The average Bonchev–Trinajstić information content (AvgIpc) is 2.39. The minimum Gasteiger partial charge on any atom is -0.743 e. The highest BCUT2D eigenvalue weighted by Crippen LogP contribution is 2.32. The molecule has 0 spiro atoms. The number of amides is 2. The quantitative estimate of drug-likeness (QED) is 0.362. The number of hydrogen-bond acceptors (Lipinski definition) is 5. The standard InChI is InChI=1S/C11H9F2I3N2O5S/c1-4(19)18-9-6(15)2-5(14)7(8(9)16)10(20)17-3-11(12,13)24(21,22)23/h2H,3H2,1H3,(H,17,20)(H,18,19)(H,21,22,23)/p-1. The van der Waals surface area contributed by atoms with Crippen molar-refractivity contribution in [2.45, 2.75) is 12.2 Å². The Bertz CT molecular complexity index is 801. The lowest BCUT2D eigenvalue weighted by atomic mass is 10.2. The van der Waals surface area contributed by atoms with Gasteiger partial charge in [-0.15, -0.1) is 0 Å². The molecule has 0 aliphatic carbocycles. The molecule has 0 saturated heterocycles. The zero-order valence-corrected chi connectivity index (χ0v) is 18.9. The first kappa shape index (κ1) is 22.2. The van der Waals surface area contributed by atoms with E-state index in [9.17, 15) is 31.3 Å². The minimum absolute atomic E-state index is 0.0144. The third kappa shape index (κ3) is 5.31. The fourth-order valence-corrected chi connectivity index (χ4v) is 5.83. The van der Waals surface area contributed by atoms with E-state index >= 15 is 0 Å². The van der Waals surface area contributed by atoms with Crippen molar-refractivity contribution in [1.82, 2.24) is 5.32 Å². The van der Waals surface area contributed by atoms with Gasteiger partial charge < -0.3 is 15.2 Å². The van der Waals surface area contributed by atoms with Crippen molar-refractivity contribution in [2.75, 3.05) is 11.9 Å². The summed E-state index contributed by atoms with van der Waals surface area (Å²) in [6.45, 7) is -0.380. The van der Waals surface area contributed by atoms with E-state index in [2.05, 4.69) is 5.32 Å². The van der Waals surface area contributed by atoms with Crippen LogP contribution >= 0.6 is 67.8 Å². The number of benzene rings is 1. The Morgan fingerprint density at radius 1 is 1.25 bits per heavy atom. The Morgan fingerprint density at radius 3 is 2.25 bits per heavy atom. The summed E-state index contributed by atoms with van der Waals surface area (Å²) in [4.78, 5) is 23.4. The summed E-state index contributed by atoms with van der Waals surface area (Å²) in [5.74, 6) is -1.38. The summed E-state index contributed by atoms with van der Waals surface area (Å²) in [6.07, 6.45) is 0. The Balaban J connectivity index is 3.18. The third-order valence-corrected chi connectivity index (χ3v) is 6.17. The lowest BCUT2D eigenvalue weighted by Crippen LogP contribution is -2.42. The molecule has 0 bridgehead atoms. The molecule has 0 unspecified atom stereocenters. The zero-order valence-electron chi connectivity index (χ0n) is 11.6. The van der Waals surface area contributed by atoms with Crippen LogP contribution < -0.4 is 10.6 Å². The van der Waals surface area contributed by atoms with Crippen molar-refractivity contribution in [3.63, 3.8) is 0 Å². The number of halogens is 5. The second kappa shape index (κ2) is 8.21. The van der Waals surface area contributed by atoms with E-state index in [0.29, 0.717) is 16.4 Å². The molecule has 2 amide bonds. The predicted octanol–water partition coefficient (Wildman–Crippen LogP) is 2.33. The maximum atomic E-state index is 13.1. The lowest BCUT2D eigenvalue weighted by Gasteiger charge is -2.21. The van der Waals surface area contributed by atoms with Crippen LogP contribution in [0.15, 0.2) is 6.07 Å². The van der Waals surface area contributed by atoms with Gasteiger partial charge in [0.1, 0.15) is 0 Å². The summed E-state index contributed by atoms with van der Waals surface area (Å²) in [5.41, 5.74) is 0.317.